The first-order valence-electron chi connectivity index (χ1n) is 4.61. The first kappa shape index (κ1) is 12.7. The Kier molecular flexibility index (Phi) is 4.77. The van der Waals surface area contributed by atoms with Crippen molar-refractivity contribution >= 4 is 23.4 Å². The maximum absolute atomic E-state index is 9.92. The number of halogens is 1. The normalized spacial score (nSPS) is 12.6. The lowest BCUT2D eigenvalue weighted by atomic mass is 10.1. The number of benzene rings is 1. The number of aryl methyl sites for hydroxylation is 1. The molecule has 1 aromatic carbocycles. The van der Waals surface area contributed by atoms with Crippen LogP contribution in [0.1, 0.15) is 17.2 Å². The molecule has 0 fully saturated rings. The Balaban J connectivity index is 3.13. The Morgan fingerprint density at radius 1 is 1.53 bits per heavy atom. The molecule has 0 spiro atoms. The number of methoxy groups -OCH3 is 1. The SMILES string of the molecule is COc1c(C)cc(Cl)cc1C(O)CSC. The third kappa shape index (κ3) is 3.03. The number of aliphatic hydroxyl groups is 1. The topological polar surface area (TPSA) is 29.5 Å². The van der Waals surface area contributed by atoms with Crippen LogP contribution in [0.5, 0.6) is 5.75 Å². The third-order valence-electron chi connectivity index (χ3n) is 2.16. The molecule has 0 saturated carbocycles. The van der Waals surface area contributed by atoms with Crippen LogP contribution in [0.15, 0.2) is 12.1 Å². The van der Waals surface area contributed by atoms with Gasteiger partial charge in [-0.25, -0.2) is 0 Å². The Labute approximate surface area is 99.6 Å². The fraction of sp³-hybridized carbons (Fsp3) is 0.455. The summed E-state index contributed by atoms with van der Waals surface area (Å²) >= 11 is 7.54. The highest BCUT2D eigenvalue weighted by Crippen LogP contribution is 2.33. The van der Waals surface area contributed by atoms with Gasteiger partial charge in [0, 0.05) is 16.3 Å². The van der Waals surface area contributed by atoms with E-state index in [1.54, 1.807) is 24.9 Å². The van der Waals surface area contributed by atoms with Crippen molar-refractivity contribution in [3.05, 3.63) is 28.3 Å². The van der Waals surface area contributed by atoms with Crippen molar-refractivity contribution < 1.29 is 9.84 Å². The molecule has 0 aliphatic rings. The summed E-state index contributed by atoms with van der Waals surface area (Å²) in [5.41, 5.74) is 1.71. The predicted molar refractivity (Wildman–Crippen MR) is 66.1 cm³/mol. The number of hydrogen-bond acceptors (Lipinski definition) is 3. The van der Waals surface area contributed by atoms with Crippen LogP contribution in [0, 0.1) is 6.92 Å². The fourth-order valence-electron chi connectivity index (χ4n) is 1.53. The minimum Gasteiger partial charge on any atom is -0.496 e. The average Bonchev–Trinajstić information content (AvgIpc) is 2.17. The summed E-state index contributed by atoms with van der Waals surface area (Å²) in [6.07, 6.45) is 1.42. The molecular formula is C11H15ClO2S. The highest BCUT2D eigenvalue weighted by Gasteiger charge is 2.15. The molecule has 1 aromatic rings. The monoisotopic (exact) mass is 246 g/mol. The first-order chi connectivity index (χ1) is 7.10. The van der Waals surface area contributed by atoms with Crippen molar-refractivity contribution in [1.82, 2.24) is 0 Å². The molecular weight excluding hydrogens is 232 g/mol. The number of rotatable bonds is 4. The molecule has 4 heteroatoms. The molecule has 0 heterocycles. The lowest BCUT2D eigenvalue weighted by Crippen LogP contribution is -2.04. The number of aliphatic hydroxyl groups excluding tert-OH is 1. The number of ether oxygens (including phenoxy) is 1. The molecule has 0 aliphatic heterocycles. The molecule has 0 aromatic heterocycles. The van der Waals surface area contributed by atoms with Gasteiger partial charge in [-0.05, 0) is 30.9 Å². The molecule has 0 amide bonds. The van der Waals surface area contributed by atoms with E-state index in [9.17, 15) is 5.11 Å². The second kappa shape index (κ2) is 5.64. The highest BCUT2D eigenvalue weighted by molar-refractivity contribution is 7.98. The van der Waals surface area contributed by atoms with Crippen LogP contribution in [0.4, 0.5) is 0 Å². The molecule has 1 N–H and O–H groups in total. The van der Waals surface area contributed by atoms with Gasteiger partial charge in [0.15, 0.2) is 0 Å². The minimum absolute atomic E-state index is 0.535. The van der Waals surface area contributed by atoms with E-state index in [1.165, 1.54) is 0 Å². The summed E-state index contributed by atoms with van der Waals surface area (Å²) in [6, 6.07) is 3.59. The van der Waals surface area contributed by atoms with Crippen molar-refractivity contribution in [3.8, 4) is 5.75 Å². The Hall–Kier alpha value is -0.380. The summed E-state index contributed by atoms with van der Waals surface area (Å²) in [5.74, 6) is 1.36. The maximum Gasteiger partial charge on any atom is 0.127 e. The van der Waals surface area contributed by atoms with Gasteiger partial charge < -0.3 is 9.84 Å². The van der Waals surface area contributed by atoms with Crippen LogP contribution in [0.25, 0.3) is 0 Å². The van der Waals surface area contributed by atoms with E-state index in [0.29, 0.717) is 10.8 Å². The lowest BCUT2D eigenvalue weighted by molar-refractivity contribution is 0.199. The lowest BCUT2D eigenvalue weighted by Gasteiger charge is -2.16. The molecule has 15 heavy (non-hydrogen) atoms. The number of hydrogen-bond donors (Lipinski definition) is 1. The molecule has 84 valence electrons. The van der Waals surface area contributed by atoms with Crippen molar-refractivity contribution in [3.63, 3.8) is 0 Å². The van der Waals surface area contributed by atoms with Gasteiger partial charge in [-0.1, -0.05) is 11.6 Å². The van der Waals surface area contributed by atoms with E-state index >= 15 is 0 Å². The Morgan fingerprint density at radius 3 is 2.73 bits per heavy atom. The number of thioether (sulfide) groups is 1. The average molecular weight is 247 g/mol. The molecule has 1 rings (SSSR count). The molecule has 1 atom stereocenters. The molecule has 0 saturated heterocycles. The molecule has 0 bridgehead atoms. The standard InChI is InChI=1S/C11H15ClO2S/c1-7-4-8(12)5-9(11(7)14-2)10(13)6-15-3/h4-5,10,13H,6H2,1-3H3. The summed E-state index contributed by atoms with van der Waals surface area (Å²) in [6.45, 7) is 1.92. The van der Waals surface area contributed by atoms with Crippen LogP contribution in [-0.2, 0) is 0 Å². The molecule has 1 unspecified atom stereocenters. The van der Waals surface area contributed by atoms with E-state index in [4.69, 9.17) is 16.3 Å². The largest absolute Gasteiger partial charge is 0.496 e. The zero-order chi connectivity index (χ0) is 11.4. The molecule has 0 radical (unpaired) electrons. The summed E-state index contributed by atoms with van der Waals surface area (Å²) in [5, 5.41) is 10.6. The van der Waals surface area contributed by atoms with Crippen LogP contribution in [0.3, 0.4) is 0 Å². The van der Waals surface area contributed by atoms with Crippen molar-refractivity contribution in [1.29, 1.82) is 0 Å². The first-order valence-corrected chi connectivity index (χ1v) is 6.38. The zero-order valence-corrected chi connectivity index (χ0v) is 10.7. The second-order valence-electron chi connectivity index (χ2n) is 3.32. The van der Waals surface area contributed by atoms with Crippen LogP contribution in [-0.4, -0.2) is 24.2 Å². The van der Waals surface area contributed by atoms with E-state index in [2.05, 4.69) is 0 Å². The summed E-state index contributed by atoms with van der Waals surface area (Å²) < 4.78 is 5.27. The Morgan fingerprint density at radius 2 is 2.20 bits per heavy atom. The minimum atomic E-state index is -0.535. The predicted octanol–water partition coefficient (Wildman–Crippen LogP) is 3.05. The summed E-state index contributed by atoms with van der Waals surface area (Å²) in [4.78, 5) is 0. The summed E-state index contributed by atoms with van der Waals surface area (Å²) in [7, 11) is 1.60. The maximum atomic E-state index is 9.92. The molecule has 0 aliphatic carbocycles. The van der Waals surface area contributed by atoms with Crippen molar-refractivity contribution in [2.45, 2.75) is 13.0 Å². The zero-order valence-electron chi connectivity index (χ0n) is 9.08. The van der Waals surface area contributed by atoms with Crippen molar-refractivity contribution in [2.75, 3.05) is 19.1 Å². The Bertz CT molecular complexity index is 342. The van der Waals surface area contributed by atoms with Crippen molar-refractivity contribution in [2.24, 2.45) is 0 Å². The van der Waals surface area contributed by atoms with Gasteiger partial charge in [0.1, 0.15) is 5.75 Å². The van der Waals surface area contributed by atoms with Gasteiger partial charge in [0.2, 0.25) is 0 Å². The highest BCUT2D eigenvalue weighted by atomic mass is 35.5. The quantitative estimate of drug-likeness (QED) is 0.886. The van der Waals surface area contributed by atoms with E-state index in [0.717, 1.165) is 16.9 Å². The molecule has 2 nitrogen and oxygen atoms in total. The van der Waals surface area contributed by atoms with Crippen LogP contribution >= 0.6 is 23.4 Å². The van der Waals surface area contributed by atoms with Gasteiger partial charge in [-0.2, -0.15) is 11.8 Å². The van der Waals surface area contributed by atoms with E-state index in [1.807, 2.05) is 19.2 Å². The van der Waals surface area contributed by atoms with Crippen LogP contribution in [0.2, 0.25) is 5.02 Å². The van der Waals surface area contributed by atoms with Gasteiger partial charge in [0.25, 0.3) is 0 Å². The van der Waals surface area contributed by atoms with Gasteiger partial charge in [-0.3, -0.25) is 0 Å². The second-order valence-corrected chi connectivity index (χ2v) is 4.66. The van der Waals surface area contributed by atoms with Crippen LogP contribution < -0.4 is 4.74 Å². The third-order valence-corrected chi connectivity index (χ3v) is 3.02. The van der Waals surface area contributed by atoms with Gasteiger partial charge >= 0.3 is 0 Å². The van der Waals surface area contributed by atoms with Gasteiger partial charge in [0.05, 0.1) is 13.2 Å². The smallest absolute Gasteiger partial charge is 0.127 e. The van der Waals surface area contributed by atoms with E-state index in [-0.39, 0.29) is 0 Å². The fourth-order valence-corrected chi connectivity index (χ4v) is 2.31. The van der Waals surface area contributed by atoms with Gasteiger partial charge in [-0.15, -0.1) is 0 Å². The van der Waals surface area contributed by atoms with E-state index < -0.39 is 6.10 Å².